The van der Waals surface area contributed by atoms with Crippen LogP contribution in [-0.2, 0) is 4.79 Å². The summed E-state index contributed by atoms with van der Waals surface area (Å²) >= 11 is 1.47. The number of aliphatic hydroxyl groups excluding tert-OH is 1. The van der Waals surface area contributed by atoms with E-state index in [1.54, 1.807) is 18.5 Å². The molecular formula is C17H20FN3O2S. The fourth-order valence-electron chi connectivity index (χ4n) is 2.91. The van der Waals surface area contributed by atoms with E-state index in [1.165, 1.54) is 17.4 Å². The third-order valence-electron chi connectivity index (χ3n) is 4.26. The Balaban J connectivity index is 1.72. The zero-order chi connectivity index (χ0) is 17.3. The predicted octanol–water partition coefficient (Wildman–Crippen LogP) is 2.16. The minimum atomic E-state index is -0.505. The molecule has 0 saturated carbocycles. The molecular weight excluding hydrogens is 329 g/mol. The number of nitrogens with zero attached hydrogens (tertiary/aromatic N) is 1. The van der Waals surface area contributed by atoms with Gasteiger partial charge in [-0.1, -0.05) is 12.1 Å². The van der Waals surface area contributed by atoms with Gasteiger partial charge < -0.3 is 15.7 Å². The Bertz CT molecular complexity index is 749. The molecule has 3 atom stereocenters. The summed E-state index contributed by atoms with van der Waals surface area (Å²) in [5.41, 5.74) is 3.84. The van der Waals surface area contributed by atoms with Gasteiger partial charge in [-0.25, -0.2) is 9.37 Å². The van der Waals surface area contributed by atoms with Crippen molar-refractivity contribution >= 4 is 17.2 Å². The number of aromatic nitrogens is 1. The average molecular weight is 349 g/mol. The number of carbonyl (C=O) groups excluding carboxylic acids is 1. The van der Waals surface area contributed by atoms with Crippen LogP contribution in [-0.4, -0.2) is 34.7 Å². The lowest BCUT2D eigenvalue weighted by Gasteiger charge is -2.18. The summed E-state index contributed by atoms with van der Waals surface area (Å²) in [6, 6.07) is 4.15. The van der Waals surface area contributed by atoms with E-state index in [1.807, 2.05) is 13.0 Å². The molecule has 7 heteroatoms. The zero-order valence-electron chi connectivity index (χ0n) is 13.5. The van der Waals surface area contributed by atoms with Crippen LogP contribution in [0.5, 0.6) is 0 Å². The molecule has 1 aliphatic heterocycles. The number of amides is 1. The molecule has 1 aromatic heterocycles. The van der Waals surface area contributed by atoms with Crippen LogP contribution >= 0.6 is 11.3 Å². The summed E-state index contributed by atoms with van der Waals surface area (Å²) in [5, 5.41) is 15.2. The molecule has 0 radical (unpaired) electrons. The van der Waals surface area contributed by atoms with Crippen molar-refractivity contribution in [1.29, 1.82) is 0 Å². The summed E-state index contributed by atoms with van der Waals surface area (Å²) < 4.78 is 14.5. The minimum absolute atomic E-state index is 0.221. The van der Waals surface area contributed by atoms with Gasteiger partial charge in [0.1, 0.15) is 5.82 Å². The fourth-order valence-corrected chi connectivity index (χ4v) is 3.71. The van der Waals surface area contributed by atoms with Crippen molar-refractivity contribution in [1.82, 2.24) is 15.6 Å². The Kier molecular flexibility index (Phi) is 4.93. The molecule has 2 heterocycles. The maximum atomic E-state index is 14.5. The summed E-state index contributed by atoms with van der Waals surface area (Å²) in [6.45, 7) is 4.05. The van der Waals surface area contributed by atoms with E-state index >= 15 is 0 Å². The molecule has 1 aromatic carbocycles. The maximum Gasteiger partial charge on any atom is 0.237 e. The summed E-state index contributed by atoms with van der Waals surface area (Å²) in [5.74, 6) is -0.576. The highest BCUT2D eigenvalue weighted by Crippen LogP contribution is 2.30. The lowest BCUT2D eigenvalue weighted by atomic mass is 10.0. The van der Waals surface area contributed by atoms with Gasteiger partial charge in [0.15, 0.2) is 0 Å². The monoisotopic (exact) mass is 349 g/mol. The van der Waals surface area contributed by atoms with Gasteiger partial charge in [-0.2, -0.15) is 0 Å². The first-order chi connectivity index (χ1) is 11.5. The lowest BCUT2D eigenvalue weighted by molar-refractivity contribution is -0.123. The summed E-state index contributed by atoms with van der Waals surface area (Å²) in [6.07, 6.45) is -0.125. The van der Waals surface area contributed by atoms with Gasteiger partial charge in [0.2, 0.25) is 5.91 Å². The molecule has 0 spiro atoms. The van der Waals surface area contributed by atoms with Crippen LogP contribution in [0.15, 0.2) is 23.7 Å². The van der Waals surface area contributed by atoms with Crippen molar-refractivity contribution in [2.45, 2.75) is 38.5 Å². The van der Waals surface area contributed by atoms with Crippen LogP contribution in [0.2, 0.25) is 0 Å². The van der Waals surface area contributed by atoms with Gasteiger partial charge in [0, 0.05) is 12.1 Å². The molecule has 1 amide bonds. The number of aliphatic hydroxyl groups is 1. The van der Waals surface area contributed by atoms with Crippen molar-refractivity contribution in [2.75, 3.05) is 6.54 Å². The second kappa shape index (κ2) is 6.96. The molecule has 2 unspecified atom stereocenters. The highest BCUT2D eigenvalue weighted by molar-refractivity contribution is 7.13. The first kappa shape index (κ1) is 17.0. The molecule has 0 bridgehead atoms. The van der Waals surface area contributed by atoms with E-state index in [9.17, 15) is 14.3 Å². The number of thiazole rings is 1. The minimum Gasteiger partial charge on any atom is -0.392 e. The van der Waals surface area contributed by atoms with Crippen LogP contribution < -0.4 is 10.6 Å². The van der Waals surface area contributed by atoms with Crippen molar-refractivity contribution in [3.05, 3.63) is 40.8 Å². The van der Waals surface area contributed by atoms with Gasteiger partial charge in [-0.15, -0.1) is 11.3 Å². The number of hydrogen-bond acceptors (Lipinski definition) is 5. The van der Waals surface area contributed by atoms with Crippen molar-refractivity contribution in [2.24, 2.45) is 0 Å². The van der Waals surface area contributed by atoms with Gasteiger partial charge in [0.05, 0.1) is 34.3 Å². The normalized spacial score (nSPS) is 21.7. The van der Waals surface area contributed by atoms with E-state index in [2.05, 4.69) is 15.6 Å². The standard InChI is InChI=1S/C17H20FN3O2S/c1-9(21-17(23)15-6-12(22)7-19-15)13-4-3-11(5-14(13)18)16-10(2)20-8-24-16/h3-5,8-9,12,15,19,22H,6-7H2,1-2H3,(H,21,23)/t9-,12?,15?/m0/s1. The van der Waals surface area contributed by atoms with Crippen molar-refractivity contribution in [3.8, 4) is 10.4 Å². The molecule has 128 valence electrons. The number of aryl methyl sites for hydroxylation is 1. The van der Waals surface area contributed by atoms with Crippen LogP contribution in [0, 0.1) is 12.7 Å². The molecule has 1 saturated heterocycles. The molecule has 24 heavy (non-hydrogen) atoms. The zero-order valence-corrected chi connectivity index (χ0v) is 14.4. The number of benzene rings is 1. The van der Waals surface area contributed by atoms with Crippen LogP contribution in [0.3, 0.4) is 0 Å². The first-order valence-corrected chi connectivity index (χ1v) is 8.75. The van der Waals surface area contributed by atoms with E-state index in [0.29, 0.717) is 18.5 Å². The molecule has 0 aliphatic carbocycles. The van der Waals surface area contributed by atoms with Crippen LogP contribution in [0.1, 0.15) is 30.6 Å². The van der Waals surface area contributed by atoms with Crippen LogP contribution in [0.25, 0.3) is 10.4 Å². The van der Waals surface area contributed by atoms with Gasteiger partial charge in [-0.05, 0) is 31.9 Å². The molecule has 2 aromatic rings. The highest BCUT2D eigenvalue weighted by atomic mass is 32.1. The number of nitrogens with one attached hydrogen (secondary N) is 2. The number of carbonyl (C=O) groups is 1. The summed E-state index contributed by atoms with van der Waals surface area (Å²) in [7, 11) is 0. The molecule has 1 fully saturated rings. The second-order valence-electron chi connectivity index (χ2n) is 6.08. The molecule has 5 nitrogen and oxygen atoms in total. The van der Waals surface area contributed by atoms with Crippen molar-refractivity contribution in [3.63, 3.8) is 0 Å². The number of halogens is 1. The van der Waals surface area contributed by atoms with Gasteiger partial charge in [-0.3, -0.25) is 4.79 Å². The third kappa shape index (κ3) is 3.48. The Hall–Kier alpha value is -1.83. The van der Waals surface area contributed by atoms with Crippen molar-refractivity contribution < 1.29 is 14.3 Å². The molecule has 1 aliphatic rings. The average Bonchev–Trinajstić information content (AvgIpc) is 3.15. The van der Waals surface area contributed by atoms with E-state index < -0.39 is 18.2 Å². The Morgan fingerprint density at radius 1 is 1.54 bits per heavy atom. The fraction of sp³-hybridized carbons (Fsp3) is 0.412. The van der Waals surface area contributed by atoms with Gasteiger partial charge >= 0.3 is 0 Å². The largest absolute Gasteiger partial charge is 0.392 e. The Morgan fingerprint density at radius 2 is 2.33 bits per heavy atom. The third-order valence-corrected chi connectivity index (χ3v) is 5.24. The van der Waals surface area contributed by atoms with E-state index in [0.717, 1.165) is 16.1 Å². The maximum absolute atomic E-state index is 14.5. The predicted molar refractivity (Wildman–Crippen MR) is 91.2 cm³/mol. The molecule has 3 N–H and O–H groups in total. The highest BCUT2D eigenvalue weighted by Gasteiger charge is 2.29. The quantitative estimate of drug-likeness (QED) is 0.791. The smallest absolute Gasteiger partial charge is 0.237 e. The van der Waals surface area contributed by atoms with Gasteiger partial charge in [0.25, 0.3) is 0 Å². The topological polar surface area (TPSA) is 74.2 Å². The van der Waals surface area contributed by atoms with E-state index in [-0.39, 0.29) is 11.7 Å². The second-order valence-corrected chi connectivity index (χ2v) is 6.94. The summed E-state index contributed by atoms with van der Waals surface area (Å²) in [4.78, 5) is 17.3. The molecule has 3 rings (SSSR count). The number of hydrogen-bond donors (Lipinski definition) is 3. The SMILES string of the molecule is Cc1ncsc1-c1ccc([C@H](C)NC(=O)C2CC(O)CN2)c(F)c1. The first-order valence-electron chi connectivity index (χ1n) is 7.87. The Morgan fingerprint density at radius 3 is 2.92 bits per heavy atom. The lowest BCUT2D eigenvalue weighted by Crippen LogP contribution is -2.41. The Labute approximate surface area is 143 Å². The van der Waals surface area contributed by atoms with E-state index in [4.69, 9.17) is 0 Å². The number of β-amino-alcohol motifs (C(OH)–C–C–N with tert-alkyl or cyclic N) is 1. The van der Waals surface area contributed by atoms with Crippen LogP contribution in [0.4, 0.5) is 4.39 Å². The number of rotatable bonds is 4.